The molecule has 0 amide bonds. The zero-order valence-electron chi connectivity index (χ0n) is 12.2. The van der Waals surface area contributed by atoms with Crippen LogP contribution in [0.2, 0.25) is 0 Å². The average Bonchev–Trinajstić information content (AvgIpc) is 2.89. The number of hydrogen-bond acceptors (Lipinski definition) is 5. The van der Waals surface area contributed by atoms with Gasteiger partial charge in [0.1, 0.15) is 0 Å². The maximum absolute atomic E-state index is 12.7. The lowest BCUT2D eigenvalue weighted by Crippen LogP contribution is -2.31. The van der Waals surface area contributed by atoms with Crippen LogP contribution in [-0.2, 0) is 19.6 Å². The highest BCUT2D eigenvalue weighted by Gasteiger charge is 2.41. The second-order valence-corrected chi connectivity index (χ2v) is 7.14. The molecule has 22 heavy (non-hydrogen) atoms. The van der Waals surface area contributed by atoms with E-state index >= 15 is 0 Å². The number of sulfonamides is 1. The predicted molar refractivity (Wildman–Crippen MR) is 76.8 cm³/mol. The first-order chi connectivity index (χ1) is 10.3. The third-order valence-electron chi connectivity index (χ3n) is 3.81. The summed E-state index contributed by atoms with van der Waals surface area (Å²) < 4.78 is 31.1. The van der Waals surface area contributed by atoms with Crippen LogP contribution in [0.1, 0.15) is 17.3 Å². The van der Waals surface area contributed by atoms with Crippen molar-refractivity contribution in [1.29, 1.82) is 0 Å². The van der Waals surface area contributed by atoms with E-state index in [0.29, 0.717) is 0 Å². The van der Waals surface area contributed by atoms with E-state index in [2.05, 4.69) is 4.74 Å². The molecule has 0 aromatic heterocycles. The summed E-state index contributed by atoms with van der Waals surface area (Å²) in [5.41, 5.74) is -0.0589. The van der Waals surface area contributed by atoms with Gasteiger partial charge in [-0.25, -0.2) is 13.2 Å². The van der Waals surface area contributed by atoms with Gasteiger partial charge >= 0.3 is 11.9 Å². The van der Waals surface area contributed by atoms with E-state index in [-0.39, 0.29) is 29.5 Å². The number of methoxy groups -OCH3 is 1. The summed E-state index contributed by atoms with van der Waals surface area (Å²) in [5, 5.41) is 9.12. The Bertz CT molecular complexity index is 699. The molecule has 1 aliphatic heterocycles. The van der Waals surface area contributed by atoms with Crippen molar-refractivity contribution >= 4 is 22.0 Å². The molecule has 0 aliphatic carbocycles. The van der Waals surface area contributed by atoms with Crippen molar-refractivity contribution < 1.29 is 27.9 Å². The first kappa shape index (κ1) is 16.4. The van der Waals surface area contributed by atoms with Gasteiger partial charge in [-0.15, -0.1) is 0 Å². The van der Waals surface area contributed by atoms with Crippen molar-refractivity contribution in [2.75, 3.05) is 20.2 Å². The molecule has 2 rings (SSSR count). The minimum atomic E-state index is -3.95. The number of aliphatic carboxylic acids is 1. The van der Waals surface area contributed by atoms with Crippen LogP contribution < -0.4 is 0 Å². The fourth-order valence-corrected chi connectivity index (χ4v) is 4.30. The molecule has 0 bridgehead atoms. The number of rotatable bonds is 4. The molecule has 0 saturated carbocycles. The van der Waals surface area contributed by atoms with E-state index in [1.807, 2.05) is 0 Å². The molecule has 1 aliphatic rings. The van der Waals surface area contributed by atoms with Crippen LogP contribution in [0.5, 0.6) is 0 Å². The molecule has 1 aromatic carbocycles. The zero-order chi connectivity index (χ0) is 16.5. The van der Waals surface area contributed by atoms with Crippen LogP contribution in [0.4, 0.5) is 0 Å². The Morgan fingerprint density at radius 2 is 1.91 bits per heavy atom. The number of hydrogen-bond donors (Lipinski definition) is 1. The molecule has 2 atom stereocenters. The summed E-state index contributed by atoms with van der Waals surface area (Å²) in [4.78, 5) is 22.7. The normalized spacial score (nSPS) is 22.5. The quantitative estimate of drug-likeness (QED) is 0.822. The number of ether oxygens (including phenoxy) is 1. The van der Waals surface area contributed by atoms with Gasteiger partial charge in [0.15, 0.2) is 0 Å². The Morgan fingerprint density at radius 3 is 2.45 bits per heavy atom. The van der Waals surface area contributed by atoms with E-state index in [4.69, 9.17) is 5.11 Å². The number of carbonyl (C=O) groups excluding carboxylic acids is 1. The monoisotopic (exact) mass is 327 g/mol. The Morgan fingerprint density at radius 1 is 1.27 bits per heavy atom. The van der Waals surface area contributed by atoms with Crippen LogP contribution >= 0.6 is 0 Å². The van der Waals surface area contributed by atoms with Crippen molar-refractivity contribution in [3.05, 3.63) is 29.8 Å². The summed E-state index contributed by atoms with van der Waals surface area (Å²) in [6.07, 6.45) is 0. The van der Waals surface area contributed by atoms with Crippen LogP contribution in [0.15, 0.2) is 29.2 Å². The molecule has 1 saturated heterocycles. The van der Waals surface area contributed by atoms with Gasteiger partial charge in [-0.2, -0.15) is 4.31 Å². The maximum Gasteiger partial charge on any atom is 0.339 e. The molecule has 120 valence electrons. The highest BCUT2D eigenvalue weighted by Crippen LogP contribution is 2.30. The van der Waals surface area contributed by atoms with Gasteiger partial charge in [0.05, 0.1) is 23.5 Å². The van der Waals surface area contributed by atoms with Gasteiger partial charge in [0.2, 0.25) is 10.0 Å². The third kappa shape index (κ3) is 2.84. The van der Waals surface area contributed by atoms with Crippen molar-refractivity contribution in [3.8, 4) is 0 Å². The lowest BCUT2D eigenvalue weighted by atomic mass is 9.99. The minimum absolute atomic E-state index is 0.0589. The molecule has 0 radical (unpaired) electrons. The van der Waals surface area contributed by atoms with Crippen LogP contribution in [0.25, 0.3) is 0 Å². The van der Waals surface area contributed by atoms with E-state index in [1.165, 1.54) is 31.4 Å². The number of esters is 1. The number of carboxylic acids is 1. The summed E-state index contributed by atoms with van der Waals surface area (Å²) in [7, 11) is -2.78. The Kier molecular flexibility index (Phi) is 4.52. The SMILES string of the molecule is COC(=O)c1ccccc1S(=O)(=O)N1C[C@@H](C)[C@H](C(=O)O)C1. The van der Waals surface area contributed by atoms with E-state index in [0.717, 1.165) is 4.31 Å². The number of nitrogens with zero attached hydrogens (tertiary/aromatic N) is 1. The molecule has 1 fully saturated rings. The van der Waals surface area contributed by atoms with Crippen molar-refractivity contribution in [3.63, 3.8) is 0 Å². The molecule has 1 N–H and O–H groups in total. The predicted octanol–water partition coefficient (Wildman–Crippen LogP) is 0.814. The largest absolute Gasteiger partial charge is 0.481 e. The van der Waals surface area contributed by atoms with Crippen molar-refractivity contribution in [1.82, 2.24) is 4.31 Å². The first-order valence-corrected chi connectivity index (χ1v) is 8.13. The molecular weight excluding hydrogens is 310 g/mol. The number of carbonyl (C=O) groups is 2. The van der Waals surface area contributed by atoms with E-state index < -0.39 is 27.9 Å². The van der Waals surface area contributed by atoms with Gasteiger partial charge in [-0.05, 0) is 18.1 Å². The van der Waals surface area contributed by atoms with E-state index in [1.54, 1.807) is 6.92 Å². The second kappa shape index (κ2) is 6.05. The first-order valence-electron chi connectivity index (χ1n) is 6.69. The lowest BCUT2D eigenvalue weighted by Gasteiger charge is -2.17. The molecule has 8 heteroatoms. The summed E-state index contributed by atoms with van der Waals surface area (Å²) >= 11 is 0. The Labute approximate surface area is 128 Å². The topological polar surface area (TPSA) is 101 Å². The highest BCUT2D eigenvalue weighted by atomic mass is 32.2. The standard InChI is InChI=1S/C14H17NO6S/c1-9-7-15(8-11(9)13(16)17)22(19,20)12-6-4-3-5-10(12)14(18)21-2/h3-6,9,11H,7-8H2,1-2H3,(H,16,17)/t9-,11-/m1/s1. The number of benzene rings is 1. The molecular formula is C14H17NO6S. The van der Waals surface area contributed by atoms with Crippen molar-refractivity contribution in [2.24, 2.45) is 11.8 Å². The third-order valence-corrected chi connectivity index (χ3v) is 5.70. The van der Waals surface area contributed by atoms with Gasteiger partial charge < -0.3 is 9.84 Å². The fourth-order valence-electron chi connectivity index (χ4n) is 2.55. The molecule has 7 nitrogen and oxygen atoms in total. The molecule has 0 unspecified atom stereocenters. The summed E-state index contributed by atoms with van der Waals surface area (Å²) in [5.74, 6) is -2.81. The second-order valence-electron chi connectivity index (χ2n) is 5.23. The van der Waals surface area contributed by atoms with Crippen LogP contribution in [0, 0.1) is 11.8 Å². The van der Waals surface area contributed by atoms with E-state index in [9.17, 15) is 18.0 Å². The zero-order valence-corrected chi connectivity index (χ0v) is 13.0. The lowest BCUT2D eigenvalue weighted by molar-refractivity contribution is -0.142. The summed E-state index contributed by atoms with van der Waals surface area (Å²) in [6, 6.07) is 5.73. The Balaban J connectivity index is 2.41. The number of carboxylic acid groups (broad SMARTS) is 1. The maximum atomic E-state index is 12.7. The van der Waals surface area contributed by atoms with Crippen LogP contribution in [0.3, 0.4) is 0 Å². The minimum Gasteiger partial charge on any atom is -0.481 e. The smallest absolute Gasteiger partial charge is 0.339 e. The van der Waals surface area contributed by atoms with Gasteiger partial charge in [0, 0.05) is 13.1 Å². The molecule has 0 spiro atoms. The van der Waals surface area contributed by atoms with Crippen LogP contribution in [-0.4, -0.2) is 50.0 Å². The van der Waals surface area contributed by atoms with Crippen molar-refractivity contribution in [2.45, 2.75) is 11.8 Å². The molecule has 1 aromatic rings. The Hall–Kier alpha value is -1.93. The van der Waals surface area contributed by atoms with Gasteiger partial charge in [0.25, 0.3) is 0 Å². The van der Waals surface area contributed by atoms with Gasteiger partial charge in [-0.3, -0.25) is 4.79 Å². The molecule has 1 heterocycles. The highest BCUT2D eigenvalue weighted by molar-refractivity contribution is 7.89. The summed E-state index contributed by atoms with van der Waals surface area (Å²) in [6.45, 7) is 1.70. The average molecular weight is 327 g/mol. The van der Waals surface area contributed by atoms with Gasteiger partial charge in [-0.1, -0.05) is 19.1 Å². The fraction of sp³-hybridized carbons (Fsp3) is 0.429.